The van der Waals surface area contributed by atoms with E-state index >= 15 is 0 Å². The Bertz CT molecular complexity index is 1750. The van der Waals surface area contributed by atoms with Gasteiger partial charge in [0.2, 0.25) is 17.7 Å². The molecule has 47 heavy (non-hydrogen) atoms. The zero-order valence-corrected chi connectivity index (χ0v) is 26.6. The maximum absolute atomic E-state index is 14.3. The van der Waals surface area contributed by atoms with Gasteiger partial charge in [-0.1, -0.05) is 18.2 Å². The van der Waals surface area contributed by atoms with E-state index in [4.69, 9.17) is 19.4 Å². The first-order valence-corrected chi connectivity index (χ1v) is 16.6. The summed E-state index contributed by atoms with van der Waals surface area (Å²) in [5, 5.41) is 2.84. The number of carbonyl (C=O) groups is 1. The first kappa shape index (κ1) is 31.6. The molecule has 2 unspecified atom stereocenters. The first-order valence-electron chi connectivity index (χ1n) is 16.6. The monoisotopic (exact) mass is 647 g/mol. The number of likely N-dealkylation sites (tertiary alicyclic amines) is 1. The summed E-state index contributed by atoms with van der Waals surface area (Å²) in [5.41, 5.74) is 4.64. The standard InChI is InChI=1S/C36H40F3N5O3/c1-23-5-6-26(29(37)17-23)22-47-34-4-2-3-30(42-34)24-10-14-43(15-11-24)21-33-41-31-18-27(40-35(45)25-9-13-36(38,39)19-25)7-8-32(31)44(33)20-28-12-16-46-28/h2-8,17-18,24-25,28H,9-16,19-22H2,1H3,(H,40,45). The molecule has 4 heterocycles. The van der Waals surface area contributed by atoms with Gasteiger partial charge in [-0.15, -0.1) is 0 Å². The van der Waals surface area contributed by atoms with Gasteiger partial charge in [0.1, 0.15) is 18.2 Å². The fourth-order valence-electron chi connectivity index (χ4n) is 6.88. The number of aromatic nitrogens is 3. The summed E-state index contributed by atoms with van der Waals surface area (Å²) in [4.78, 5) is 24.9. The highest BCUT2D eigenvalue weighted by Crippen LogP contribution is 2.39. The van der Waals surface area contributed by atoms with Gasteiger partial charge in [-0.25, -0.2) is 23.1 Å². The summed E-state index contributed by atoms with van der Waals surface area (Å²) in [6.07, 6.45) is 2.57. The van der Waals surface area contributed by atoms with Crippen molar-refractivity contribution in [1.82, 2.24) is 19.4 Å². The van der Waals surface area contributed by atoms with Gasteiger partial charge in [-0.05, 0) is 81.6 Å². The van der Waals surface area contributed by atoms with E-state index < -0.39 is 18.3 Å². The number of carbonyl (C=O) groups excluding carboxylic acids is 1. The van der Waals surface area contributed by atoms with Crippen molar-refractivity contribution in [2.45, 2.75) is 83.1 Å². The van der Waals surface area contributed by atoms with E-state index in [1.807, 2.05) is 49.4 Å². The van der Waals surface area contributed by atoms with Crippen molar-refractivity contribution in [3.63, 3.8) is 0 Å². The zero-order valence-electron chi connectivity index (χ0n) is 26.6. The number of imidazole rings is 1. The summed E-state index contributed by atoms with van der Waals surface area (Å²) in [6.45, 7) is 5.88. The molecule has 7 rings (SSSR count). The quantitative estimate of drug-likeness (QED) is 0.200. The average molecular weight is 648 g/mol. The average Bonchev–Trinajstić information content (AvgIpc) is 3.57. The van der Waals surface area contributed by atoms with E-state index in [0.29, 0.717) is 36.1 Å². The fraction of sp³-hybridized carbons (Fsp3) is 0.472. The third-order valence-corrected chi connectivity index (χ3v) is 9.75. The molecule has 0 bridgehead atoms. The summed E-state index contributed by atoms with van der Waals surface area (Å²) >= 11 is 0. The molecule has 1 saturated carbocycles. The lowest BCUT2D eigenvalue weighted by atomic mass is 9.93. The van der Waals surface area contributed by atoms with E-state index in [0.717, 1.165) is 67.1 Å². The molecule has 0 radical (unpaired) electrons. The lowest BCUT2D eigenvalue weighted by molar-refractivity contribution is -0.120. The van der Waals surface area contributed by atoms with Crippen molar-refractivity contribution in [1.29, 1.82) is 0 Å². The van der Waals surface area contributed by atoms with Crippen molar-refractivity contribution in [2.75, 3.05) is 25.0 Å². The number of hydrogen-bond donors (Lipinski definition) is 1. The lowest BCUT2D eigenvalue weighted by Gasteiger charge is -2.32. The Kier molecular flexibility index (Phi) is 8.93. The molecule has 1 amide bonds. The second-order valence-electron chi connectivity index (χ2n) is 13.2. The van der Waals surface area contributed by atoms with Crippen molar-refractivity contribution in [2.24, 2.45) is 5.92 Å². The molecule has 1 aliphatic carbocycles. The Hall–Kier alpha value is -3.96. The molecular formula is C36H40F3N5O3. The minimum Gasteiger partial charge on any atom is -0.473 e. The van der Waals surface area contributed by atoms with Gasteiger partial charge < -0.3 is 19.4 Å². The van der Waals surface area contributed by atoms with Crippen LogP contribution in [0.1, 0.15) is 67.1 Å². The number of ether oxygens (including phenoxy) is 2. The van der Waals surface area contributed by atoms with Crippen LogP contribution in [0.4, 0.5) is 18.9 Å². The van der Waals surface area contributed by atoms with Crippen LogP contribution in [-0.4, -0.2) is 57.1 Å². The molecular weight excluding hydrogens is 607 g/mol. The zero-order chi connectivity index (χ0) is 32.5. The third-order valence-electron chi connectivity index (χ3n) is 9.75. The molecule has 2 aromatic heterocycles. The number of nitrogens with zero attached hydrogens (tertiary/aromatic N) is 4. The summed E-state index contributed by atoms with van der Waals surface area (Å²) < 4.78 is 55.5. The largest absolute Gasteiger partial charge is 0.473 e. The van der Waals surface area contributed by atoms with Crippen molar-refractivity contribution in [3.05, 3.63) is 83.1 Å². The normalized spacial score (nSPS) is 21.5. The number of anilines is 1. The van der Waals surface area contributed by atoms with Crippen LogP contribution < -0.4 is 10.1 Å². The highest BCUT2D eigenvalue weighted by atomic mass is 19.3. The summed E-state index contributed by atoms with van der Waals surface area (Å²) in [6, 6.07) is 16.5. The van der Waals surface area contributed by atoms with Gasteiger partial charge in [-0.2, -0.15) is 0 Å². The van der Waals surface area contributed by atoms with Gasteiger partial charge in [0.25, 0.3) is 0 Å². The third kappa shape index (κ3) is 7.31. The highest BCUT2D eigenvalue weighted by molar-refractivity contribution is 5.94. The fourth-order valence-corrected chi connectivity index (χ4v) is 6.88. The molecule has 11 heteroatoms. The van der Waals surface area contributed by atoms with Gasteiger partial charge in [0.15, 0.2) is 0 Å². The molecule has 1 N–H and O–H groups in total. The van der Waals surface area contributed by atoms with Crippen molar-refractivity contribution < 1.29 is 27.4 Å². The maximum atomic E-state index is 14.3. The molecule has 2 aromatic carbocycles. The van der Waals surface area contributed by atoms with Gasteiger partial charge in [-0.3, -0.25) is 9.69 Å². The van der Waals surface area contributed by atoms with Crippen LogP contribution in [0, 0.1) is 18.7 Å². The molecule has 8 nitrogen and oxygen atoms in total. The Labute approximate surface area is 272 Å². The summed E-state index contributed by atoms with van der Waals surface area (Å²) in [7, 11) is 0. The minimum atomic E-state index is -2.77. The topological polar surface area (TPSA) is 81.5 Å². The van der Waals surface area contributed by atoms with Crippen molar-refractivity contribution >= 4 is 22.6 Å². The number of halogens is 3. The smallest absolute Gasteiger partial charge is 0.248 e. The van der Waals surface area contributed by atoms with E-state index in [1.165, 1.54) is 6.07 Å². The van der Waals surface area contributed by atoms with Gasteiger partial charge in [0.05, 0.1) is 30.2 Å². The SMILES string of the molecule is Cc1ccc(COc2cccc(C3CCN(Cc4nc5cc(NC(=O)C6CCC(F)(F)C6)ccc5n4CC4CCO4)CC3)n2)c(F)c1. The van der Waals surface area contributed by atoms with Gasteiger partial charge >= 0.3 is 0 Å². The number of alkyl halides is 2. The Morgan fingerprint density at radius 3 is 2.62 bits per heavy atom. The first-order chi connectivity index (χ1) is 22.7. The number of nitrogens with one attached hydrogen (secondary N) is 1. The predicted molar refractivity (Wildman–Crippen MR) is 172 cm³/mol. The van der Waals surface area contributed by atoms with Crippen LogP contribution in [0.5, 0.6) is 5.88 Å². The Balaban J connectivity index is 0.996. The minimum absolute atomic E-state index is 0.126. The van der Waals surface area contributed by atoms with Gasteiger partial charge in [0, 0.05) is 54.3 Å². The van der Waals surface area contributed by atoms with Crippen LogP contribution in [0.2, 0.25) is 0 Å². The number of pyridine rings is 1. The molecule has 2 atom stereocenters. The number of aryl methyl sites for hydroxylation is 1. The molecule has 2 aliphatic heterocycles. The lowest BCUT2D eigenvalue weighted by Crippen LogP contribution is -2.35. The Morgan fingerprint density at radius 1 is 1.06 bits per heavy atom. The van der Waals surface area contributed by atoms with Crippen LogP contribution in [0.3, 0.4) is 0 Å². The number of benzene rings is 2. The molecule has 248 valence electrons. The van der Waals surface area contributed by atoms with Crippen LogP contribution in [0.15, 0.2) is 54.6 Å². The van der Waals surface area contributed by atoms with Crippen molar-refractivity contribution in [3.8, 4) is 5.88 Å². The second-order valence-corrected chi connectivity index (χ2v) is 13.2. The molecule has 3 aliphatic rings. The molecule has 4 aromatic rings. The second kappa shape index (κ2) is 13.3. The number of amides is 1. The van der Waals surface area contributed by atoms with Crippen LogP contribution in [0.25, 0.3) is 11.0 Å². The van der Waals surface area contributed by atoms with E-state index in [9.17, 15) is 18.0 Å². The summed E-state index contributed by atoms with van der Waals surface area (Å²) in [5.74, 6) is -2.36. The molecule has 0 spiro atoms. The van der Waals surface area contributed by atoms with E-state index in [-0.39, 0.29) is 37.3 Å². The number of rotatable bonds is 10. The molecule has 2 saturated heterocycles. The predicted octanol–water partition coefficient (Wildman–Crippen LogP) is 7.00. The number of piperidine rings is 1. The van der Waals surface area contributed by atoms with E-state index in [1.54, 1.807) is 6.07 Å². The Morgan fingerprint density at radius 2 is 1.89 bits per heavy atom. The number of fused-ring (bicyclic) bond motifs is 1. The highest BCUT2D eigenvalue weighted by Gasteiger charge is 2.42. The van der Waals surface area contributed by atoms with E-state index in [2.05, 4.69) is 14.8 Å². The van der Waals surface area contributed by atoms with Crippen LogP contribution in [-0.2, 0) is 29.2 Å². The number of hydrogen-bond acceptors (Lipinski definition) is 6. The van der Waals surface area contributed by atoms with Crippen LogP contribution >= 0.6 is 0 Å². The maximum Gasteiger partial charge on any atom is 0.248 e. The molecule has 3 fully saturated rings.